The van der Waals surface area contributed by atoms with E-state index in [1.165, 1.54) is 0 Å². The third kappa shape index (κ3) is 5.12. The first kappa shape index (κ1) is 19.9. The van der Waals surface area contributed by atoms with Gasteiger partial charge in [0.05, 0.1) is 6.26 Å². The van der Waals surface area contributed by atoms with Crippen LogP contribution in [0.3, 0.4) is 0 Å². The van der Waals surface area contributed by atoms with Crippen LogP contribution in [0.5, 0.6) is 0 Å². The Bertz CT molecular complexity index is 911. The summed E-state index contributed by atoms with van der Waals surface area (Å²) in [5.41, 5.74) is 1.53. The molecule has 2 heterocycles. The van der Waals surface area contributed by atoms with E-state index in [1.807, 2.05) is 46.2 Å². The molecule has 9 heteroatoms. The van der Waals surface area contributed by atoms with Gasteiger partial charge >= 0.3 is 0 Å². The van der Waals surface area contributed by atoms with Crippen LogP contribution in [0.2, 0.25) is 0 Å². The van der Waals surface area contributed by atoms with Crippen LogP contribution in [-0.4, -0.2) is 60.9 Å². The number of nitrogens with one attached hydrogen (secondary N) is 1. The minimum atomic E-state index is -3.21. The Balaban J connectivity index is 1.73. The number of hydrogen-bond donors (Lipinski definition) is 1. The molecule has 27 heavy (non-hydrogen) atoms. The van der Waals surface area contributed by atoms with Crippen LogP contribution >= 0.6 is 11.8 Å². The van der Waals surface area contributed by atoms with Gasteiger partial charge in [-0.05, 0) is 43.2 Å². The Morgan fingerprint density at radius 1 is 1.41 bits per heavy atom. The maximum Gasteiger partial charge on any atom is 0.253 e. The molecule has 1 aromatic heterocycles. The van der Waals surface area contributed by atoms with E-state index < -0.39 is 10.0 Å². The fourth-order valence-corrected chi connectivity index (χ4v) is 4.36. The van der Waals surface area contributed by atoms with E-state index in [-0.39, 0.29) is 11.8 Å². The number of carbonyl (C=O) groups is 1. The smallest absolute Gasteiger partial charge is 0.253 e. The average Bonchev–Trinajstić information content (AvgIpc) is 3.14. The zero-order valence-corrected chi connectivity index (χ0v) is 17.1. The van der Waals surface area contributed by atoms with Crippen molar-refractivity contribution in [1.29, 1.82) is 0 Å². The van der Waals surface area contributed by atoms with Crippen molar-refractivity contribution in [3.8, 4) is 5.69 Å². The van der Waals surface area contributed by atoms with E-state index in [4.69, 9.17) is 0 Å². The number of carbonyl (C=O) groups excluding carboxylic acids is 1. The lowest BCUT2D eigenvalue weighted by Gasteiger charge is -2.33. The van der Waals surface area contributed by atoms with Gasteiger partial charge in [-0.2, -0.15) is 0 Å². The molecule has 3 rings (SSSR count). The molecular weight excluding hydrogens is 384 g/mol. The molecule has 1 aliphatic rings. The number of piperidine rings is 1. The number of imidazole rings is 1. The second kappa shape index (κ2) is 8.45. The van der Waals surface area contributed by atoms with Crippen LogP contribution in [0, 0.1) is 5.92 Å². The lowest BCUT2D eigenvalue weighted by atomic mass is 9.97. The number of thioether (sulfide) groups is 1. The highest BCUT2D eigenvalue weighted by Gasteiger charge is 2.25. The Morgan fingerprint density at radius 2 is 2.22 bits per heavy atom. The molecule has 0 aliphatic carbocycles. The second-order valence-corrected chi connectivity index (χ2v) is 9.32. The van der Waals surface area contributed by atoms with E-state index in [0.717, 1.165) is 29.9 Å². The van der Waals surface area contributed by atoms with Crippen molar-refractivity contribution in [2.24, 2.45) is 5.92 Å². The molecule has 0 radical (unpaired) electrons. The van der Waals surface area contributed by atoms with E-state index in [2.05, 4.69) is 9.71 Å². The van der Waals surface area contributed by atoms with Gasteiger partial charge in [0.25, 0.3) is 5.91 Å². The molecule has 2 aromatic rings. The van der Waals surface area contributed by atoms with Gasteiger partial charge in [0, 0.05) is 43.3 Å². The predicted octanol–water partition coefficient (Wildman–Crippen LogP) is 2.00. The van der Waals surface area contributed by atoms with Crippen molar-refractivity contribution in [2.75, 3.05) is 32.1 Å². The van der Waals surface area contributed by atoms with Gasteiger partial charge in [-0.25, -0.2) is 18.1 Å². The topological polar surface area (TPSA) is 84.3 Å². The van der Waals surface area contributed by atoms with Gasteiger partial charge in [0.1, 0.15) is 0 Å². The summed E-state index contributed by atoms with van der Waals surface area (Å²) >= 11 is 1.55. The fraction of sp³-hybridized carbons (Fsp3) is 0.444. The summed E-state index contributed by atoms with van der Waals surface area (Å²) < 4.78 is 27.1. The maximum absolute atomic E-state index is 13.0. The zero-order valence-electron chi connectivity index (χ0n) is 15.5. The van der Waals surface area contributed by atoms with E-state index in [0.29, 0.717) is 25.2 Å². The minimum absolute atomic E-state index is 0.0216. The Morgan fingerprint density at radius 3 is 2.96 bits per heavy atom. The molecular formula is C18H24N4O3S2. The Hall–Kier alpha value is -1.84. The molecule has 1 N–H and O–H groups in total. The summed E-state index contributed by atoms with van der Waals surface area (Å²) in [4.78, 5) is 19.1. The van der Waals surface area contributed by atoms with Crippen molar-refractivity contribution in [3.05, 3.63) is 42.2 Å². The van der Waals surface area contributed by atoms with E-state index >= 15 is 0 Å². The SMILES string of the molecule is CSc1nccn1-c1cccc(C(=O)N2CCCC(CNS(C)(=O)=O)C2)c1. The number of nitrogens with zero attached hydrogens (tertiary/aromatic N) is 3. The van der Waals surface area contributed by atoms with Crippen molar-refractivity contribution < 1.29 is 13.2 Å². The largest absolute Gasteiger partial charge is 0.338 e. The molecule has 1 fully saturated rings. The monoisotopic (exact) mass is 408 g/mol. The van der Waals surface area contributed by atoms with Crippen molar-refractivity contribution in [1.82, 2.24) is 19.2 Å². The molecule has 7 nitrogen and oxygen atoms in total. The number of hydrogen-bond acceptors (Lipinski definition) is 5. The zero-order chi connectivity index (χ0) is 19.4. The molecule has 1 aliphatic heterocycles. The number of sulfonamides is 1. The highest BCUT2D eigenvalue weighted by Crippen LogP contribution is 2.22. The molecule has 1 aromatic carbocycles. The lowest BCUT2D eigenvalue weighted by molar-refractivity contribution is 0.0676. The predicted molar refractivity (Wildman–Crippen MR) is 107 cm³/mol. The number of amides is 1. The standard InChI is InChI=1S/C18H24N4O3S2/c1-26-18-19-8-10-22(18)16-7-3-6-15(11-16)17(23)21-9-4-5-14(13-21)12-20-27(2,24)25/h3,6-8,10-11,14,20H,4-5,9,12-13H2,1-2H3. The fourth-order valence-electron chi connectivity index (χ4n) is 3.29. The normalized spacial score (nSPS) is 17.9. The maximum atomic E-state index is 13.0. The molecule has 0 saturated carbocycles. The summed E-state index contributed by atoms with van der Waals surface area (Å²) in [6.45, 7) is 1.63. The summed E-state index contributed by atoms with van der Waals surface area (Å²) in [5.74, 6) is 0.115. The van der Waals surface area contributed by atoms with Crippen LogP contribution in [0.15, 0.2) is 41.8 Å². The number of rotatable bonds is 6. The van der Waals surface area contributed by atoms with Gasteiger partial charge in [0.2, 0.25) is 10.0 Å². The summed E-state index contributed by atoms with van der Waals surface area (Å²) in [6.07, 6.45) is 8.53. The highest BCUT2D eigenvalue weighted by molar-refractivity contribution is 7.98. The quantitative estimate of drug-likeness (QED) is 0.739. The van der Waals surface area contributed by atoms with Gasteiger partial charge in [0.15, 0.2) is 5.16 Å². The van der Waals surface area contributed by atoms with E-state index in [9.17, 15) is 13.2 Å². The molecule has 1 saturated heterocycles. The third-order valence-corrected chi connectivity index (χ3v) is 5.96. The average molecular weight is 409 g/mol. The van der Waals surface area contributed by atoms with Gasteiger partial charge in [-0.15, -0.1) is 0 Å². The first-order chi connectivity index (χ1) is 12.9. The van der Waals surface area contributed by atoms with Gasteiger partial charge in [-0.3, -0.25) is 9.36 Å². The van der Waals surface area contributed by atoms with Crippen LogP contribution in [0.4, 0.5) is 0 Å². The molecule has 0 spiro atoms. The highest BCUT2D eigenvalue weighted by atomic mass is 32.2. The van der Waals surface area contributed by atoms with Crippen LogP contribution < -0.4 is 4.72 Å². The first-order valence-corrected chi connectivity index (χ1v) is 11.9. The second-order valence-electron chi connectivity index (χ2n) is 6.71. The van der Waals surface area contributed by atoms with Crippen LogP contribution in [0.1, 0.15) is 23.2 Å². The van der Waals surface area contributed by atoms with Crippen LogP contribution in [0.25, 0.3) is 5.69 Å². The van der Waals surface area contributed by atoms with Gasteiger partial charge < -0.3 is 4.90 Å². The van der Waals surface area contributed by atoms with Crippen molar-refractivity contribution >= 4 is 27.7 Å². The van der Waals surface area contributed by atoms with Crippen LogP contribution in [-0.2, 0) is 10.0 Å². The summed E-state index contributed by atoms with van der Waals surface area (Å²) in [6, 6.07) is 7.52. The van der Waals surface area contributed by atoms with E-state index in [1.54, 1.807) is 18.0 Å². The Labute approximate surface area is 164 Å². The minimum Gasteiger partial charge on any atom is -0.338 e. The van der Waals surface area contributed by atoms with Crippen molar-refractivity contribution in [2.45, 2.75) is 18.0 Å². The first-order valence-electron chi connectivity index (χ1n) is 8.79. The summed E-state index contributed by atoms with van der Waals surface area (Å²) in [5, 5.41) is 0.865. The number of likely N-dealkylation sites (tertiary alicyclic amines) is 1. The lowest BCUT2D eigenvalue weighted by Crippen LogP contribution is -2.43. The number of aromatic nitrogens is 2. The van der Waals surface area contributed by atoms with Crippen molar-refractivity contribution in [3.63, 3.8) is 0 Å². The Kier molecular flexibility index (Phi) is 6.23. The molecule has 146 valence electrons. The molecule has 1 amide bonds. The summed E-state index contributed by atoms with van der Waals surface area (Å²) in [7, 11) is -3.21. The molecule has 0 bridgehead atoms. The van der Waals surface area contributed by atoms with Gasteiger partial charge in [-0.1, -0.05) is 17.8 Å². The third-order valence-electron chi connectivity index (χ3n) is 4.60. The molecule has 1 atom stereocenters. The number of benzene rings is 1. The molecule has 1 unspecified atom stereocenters.